The van der Waals surface area contributed by atoms with Gasteiger partial charge in [0.25, 0.3) is 0 Å². The summed E-state index contributed by atoms with van der Waals surface area (Å²) in [4.78, 5) is 13.1. The molecule has 0 aromatic heterocycles. The zero-order chi connectivity index (χ0) is 15.2. The first-order valence-corrected chi connectivity index (χ1v) is 9.27. The van der Waals surface area contributed by atoms with Crippen molar-refractivity contribution in [1.82, 2.24) is 4.90 Å². The van der Waals surface area contributed by atoms with E-state index in [2.05, 4.69) is 0 Å². The summed E-state index contributed by atoms with van der Waals surface area (Å²) in [6, 6.07) is 0. The van der Waals surface area contributed by atoms with Crippen LogP contribution in [0.4, 0.5) is 0 Å². The van der Waals surface area contributed by atoms with E-state index < -0.39 is 15.8 Å². The number of carboxylic acids is 1. The number of hydrogen-bond donors (Lipinski definition) is 1. The third-order valence-corrected chi connectivity index (χ3v) is 6.16. The Hall–Kier alpha value is -0.620. The largest absolute Gasteiger partial charge is 0.481 e. The van der Waals surface area contributed by atoms with Crippen LogP contribution < -0.4 is 0 Å². The highest BCUT2D eigenvalue weighted by Gasteiger charge is 2.38. The van der Waals surface area contributed by atoms with E-state index in [-0.39, 0.29) is 23.5 Å². The lowest BCUT2D eigenvalue weighted by Gasteiger charge is -2.44. The van der Waals surface area contributed by atoms with Gasteiger partial charge in [-0.3, -0.25) is 9.69 Å². The topological polar surface area (TPSA) is 74.7 Å². The average Bonchev–Trinajstić information content (AvgIpc) is 2.36. The van der Waals surface area contributed by atoms with E-state index in [0.717, 1.165) is 32.1 Å². The molecule has 0 bridgehead atoms. The molecule has 0 heterocycles. The third kappa shape index (κ3) is 5.05. The van der Waals surface area contributed by atoms with Crippen LogP contribution in [0.25, 0.3) is 0 Å². The van der Waals surface area contributed by atoms with E-state index in [9.17, 15) is 13.2 Å². The van der Waals surface area contributed by atoms with Crippen LogP contribution in [0.2, 0.25) is 0 Å². The molecule has 1 aliphatic carbocycles. The second kappa shape index (κ2) is 7.41. The third-order valence-electron chi connectivity index (χ3n) is 4.33. The molecule has 5 nitrogen and oxygen atoms in total. The van der Waals surface area contributed by atoms with Gasteiger partial charge in [-0.2, -0.15) is 0 Å². The van der Waals surface area contributed by atoms with Gasteiger partial charge in [0.05, 0.1) is 12.2 Å². The van der Waals surface area contributed by atoms with E-state index >= 15 is 0 Å². The van der Waals surface area contributed by atoms with Crippen LogP contribution in [0.3, 0.4) is 0 Å². The molecule has 1 rings (SSSR count). The lowest BCUT2D eigenvalue weighted by atomic mass is 9.78. The molecule has 6 heteroatoms. The van der Waals surface area contributed by atoms with Crippen molar-refractivity contribution in [3.8, 4) is 0 Å². The molecule has 0 spiro atoms. The predicted molar refractivity (Wildman–Crippen MR) is 79.6 cm³/mol. The van der Waals surface area contributed by atoms with Crippen LogP contribution >= 0.6 is 0 Å². The zero-order valence-corrected chi connectivity index (χ0v) is 13.4. The van der Waals surface area contributed by atoms with Gasteiger partial charge in [-0.15, -0.1) is 0 Å². The molecule has 0 aromatic carbocycles. The fraction of sp³-hybridized carbons (Fsp3) is 0.929. The van der Waals surface area contributed by atoms with Crippen molar-refractivity contribution in [2.45, 2.75) is 57.4 Å². The fourth-order valence-corrected chi connectivity index (χ4v) is 4.49. The van der Waals surface area contributed by atoms with Crippen LogP contribution in [0, 0.1) is 0 Å². The van der Waals surface area contributed by atoms with Crippen LogP contribution in [0.15, 0.2) is 0 Å². The van der Waals surface area contributed by atoms with Crippen LogP contribution in [-0.4, -0.2) is 55.0 Å². The number of carboxylic acid groups (broad SMARTS) is 1. The summed E-state index contributed by atoms with van der Waals surface area (Å²) in [6.45, 7) is 2.28. The second-order valence-corrected chi connectivity index (χ2v) is 8.23. The molecule has 118 valence electrons. The monoisotopic (exact) mass is 305 g/mol. The molecule has 1 aliphatic rings. The Morgan fingerprint density at radius 2 is 1.80 bits per heavy atom. The zero-order valence-electron chi connectivity index (χ0n) is 12.6. The Balaban J connectivity index is 2.68. The molecule has 0 aliphatic heterocycles. The number of nitrogens with zero attached hydrogens (tertiary/aromatic N) is 1. The summed E-state index contributed by atoms with van der Waals surface area (Å²) in [6.07, 6.45) is 5.64. The lowest BCUT2D eigenvalue weighted by Crippen LogP contribution is -2.50. The summed E-state index contributed by atoms with van der Waals surface area (Å²) in [7, 11) is -1.14. The minimum Gasteiger partial charge on any atom is -0.481 e. The highest BCUT2D eigenvalue weighted by atomic mass is 32.2. The van der Waals surface area contributed by atoms with Gasteiger partial charge in [0, 0.05) is 17.8 Å². The maximum atomic E-state index is 11.8. The first-order chi connectivity index (χ1) is 9.31. The first kappa shape index (κ1) is 17.4. The molecule has 20 heavy (non-hydrogen) atoms. The molecule has 0 amide bonds. The van der Waals surface area contributed by atoms with Gasteiger partial charge < -0.3 is 5.11 Å². The molecule has 1 saturated carbocycles. The highest BCUT2D eigenvalue weighted by molar-refractivity contribution is 7.91. The van der Waals surface area contributed by atoms with Gasteiger partial charge in [-0.1, -0.05) is 26.2 Å². The Kier molecular flexibility index (Phi) is 6.45. The normalized spacial score (nSPS) is 19.1. The van der Waals surface area contributed by atoms with Gasteiger partial charge in [-0.25, -0.2) is 8.42 Å². The highest BCUT2D eigenvalue weighted by Crippen LogP contribution is 2.35. The SMILES string of the molecule is CCCS(=O)(=O)CCN(C)C1(CC(=O)O)CCCCC1. The van der Waals surface area contributed by atoms with E-state index in [4.69, 9.17) is 5.11 Å². The smallest absolute Gasteiger partial charge is 0.305 e. The second-order valence-electron chi connectivity index (χ2n) is 5.93. The maximum Gasteiger partial charge on any atom is 0.305 e. The fourth-order valence-electron chi connectivity index (χ4n) is 3.11. The van der Waals surface area contributed by atoms with Crippen LogP contribution in [0.1, 0.15) is 51.9 Å². The maximum absolute atomic E-state index is 11.8. The standard InChI is InChI=1S/C14H27NO4S/c1-3-10-20(18,19)11-9-15(2)14(12-13(16)17)7-5-4-6-8-14/h3-12H2,1-2H3,(H,16,17). The molecule has 0 saturated heterocycles. The molecule has 1 fully saturated rings. The summed E-state index contributed by atoms with van der Waals surface area (Å²) >= 11 is 0. The van der Waals surface area contributed by atoms with Crippen LogP contribution in [0.5, 0.6) is 0 Å². The minimum absolute atomic E-state index is 0.108. The number of hydrogen-bond acceptors (Lipinski definition) is 4. The van der Waals surface area contributed by atoms with Crippen molar-refractivity contribution < 1.29 is 18.3 Å². The van der Waals surface area contributed by atoms with Crippen molar-refractivity contribution in [2.24, 2.45) is 0 Å². The van der Waals surface area contributed by atoms with Gasteiger partial charge in [0.1, 0.15) is 0 Å². The Bertz CT molecular complexity index is 413. The van der Waals surface area contributed by atoms with E-state index in [1.165, 1.54) is 0 Å². The van der Waals surface area contributed by atoms with Crippen molar-refractivity contribution >= 4 is 15.8 Å². The number of rotatable bonds is 8. The molecular formula is C14H27NO4S. The van der Waals surface area contributed by atoms with Crippen molar-refractivity contribution in [3.05, 3.63) is 0 Å². The van der Waals surface area contributed by atoms with Crippen molar-refractivity contribution in [1.29, 1.82) is 0 Å². The quantitative estimate of drug-likeness (QED) is 0.741. The van der Waals surface area contributed by atoms with Crippen LogP contribution in [-0.2, 0) is 14.6 Å². The molecule has 0 atom stereocenters. The summed E-state index contributed by atoms with van der Waals surface area (Å²) in [5, 5.41) is 9.15. The minimum atomic E-state index is -3.01. The lowest BCUT2D eigenvalue weighted by molar-refractivity contribution is -0.141. The van der Waals surface area contributed by atoms with E-state index in [1.54, 1.807) is 0 Å². The number of carbonyl (C=O) groups is 1. The molecule has 0 radical (unpaired) electrons. The Labute approximate surface area is 122 Å². The predicted octanol–water partition coefficient (Wildman–Crippen LogP) is 1.92. The molecule has 0 unspecified atom stereocenters. The number of aliphatic carboxylic acids is 1. The van der Waals surface area contributed by atoms with E-state index in [1.807, 2.05) is 18.9 Å². The Morgan fingerprint density at radius 1 is 1.20 bits per heavy atom. The molecule has 0 aromatic rings. The number of sulfone groups is 1. The van der Waals surface area contributed by atoms with Gasteiger partial charge in [-0.05, 0) is 26.3 Å². The molecular weight excluding hydrogens is 278 g/mol. The first-order valence-electron chi connectivity index (χ1n) is 7.45. The van der Waals surface area contributed by atoms with Gasteiger partial charge >= 0.3 is 5.97 Å². The van der Waals surface area contributed by atoms with Crippen molar-refractivity contribution in [3.63, 3.8) is 0 Å². The Morgan fingerprint density at radius 3 is 2.30 bits per heavy atom. The van der Waals surface area contributed by atoms with Crippen molar-refractivity contribution in [2.75, 3.05) is 25.1 Å². The summed E-state index contributed by atoms with van der Waals surface area (Å²) in [5.74, 6) is -0.457. The van der Waals surface area contributed by atoms with E-state index in [0.29, 0.717) is 13.0 Å². The average molecular weight is 305 g/mol. The summed E-state index contributed by atoms with van der Waals surface area (Å²) in [5.41, 5.74) is -0.355. The summed E-state index contributed by atoms with van der Waals surface area (Å²) < 4.78 is 23.6. The van der Waals surface area contributed by atoms with Gasteiger partial charge in [0.15, 0.2) is 9.84 Å². The molecule has 1 N–H and O–H groups in total. The van der Waals surface area contributed by atoms with Gasteiger partial charge in [0.2, 0.25) is 0 Å².